The number of amides is 1. The smallest absolute Gasteiger partial charge is 0.411 e. The van der Waals surface area contributed by atoms with Gasteiger partial charge in [-0.3, -0.25) is 4.90 Å². The molecule has 1 fully saturated rings. The van der Waals surface area contributed by atoms with Crippen molar-refractivity contribution in [1.29, 1.82) is 0 Å². The zero-order valence-electron chi connectivity index (χ0n) is 13.1. The fraction of sp³-hybridized carbons (Fsp3) is 0.600. The predicted molar refractivity (Wildman–Crippen MR) is 93.2 cm³/mol. The SMILES string of the molecule is CC(C)(C)OC(=O)N1C[C@@H](Cc2cc(Br)c(Cl)s2)CC1C(=O)O. The molecular formula is C15H19BrClNO4S. The summed E-state index contributed by atoms with van der Waals surface area (Å²) in [6, 6.07) is 1.10. The second kappa shape index (κ2) is 6.99. The highest BCUT2D eigenvalue weighted by Crippen LogP contribution is 2.35. The number of carboxylic acids is 1. The molecule has 1 unspecified atom stereocenters. The molecule has 0 radical (unpaired) electrons. The number of thiophene rings is 1. The third-order valence-electron chi connectivity index (χ3n) is 3.49. The van der Waals surface area contributed by atoms with Crippen LogP contribution in [-0.4, -0.2) is 40.3 Å². The van der Waals surface area contributed by atoms with Gasteiger partial charge in [-0.25, -0.2) is 9.59 Å². The van der Waals surface area contributed by atoms with Gasteiger partial charge >= 0.3 is 12.1 Å². The third-order valence-corrected chi connectivity index (χ3v) is 5.98. The molecule has 1 aliphatic heterocycles. The molecule has 1 amide bonds. The number of carbonyl (C=O) groups excluding carboxylic acids is 1. The monoisotopic (exact) mass is 423 g/mol. The zero-order chi connectivity index (χ0) is 17.4. The van der Waals surface area contributed by atoms with Crippen LogP contribution in [0.1, 0.15) is 32.1 Å². The Balaban J connectivity index is 2.08. The summed E-state index contributed by atoms with van der Waals surface area (Å²) in [7, 11) is 0. The summed E-state index contributed by atoms with van der Waals surface area (Å²) in [5.41, 5.74) is -0.648. The third kappa shape index (κ3) is 4.84. The van der Waals surface area contributed by atoms with Crippen LogP contribution < -0.4 is 0 Å². The normalized spacial score (nSPS) is 21.5. The van der Waals surface area contributed by atoms with Crippen molar-refractivity contribution < 1.29 is 19.4 Å². The van der Waals surface area contributed by atoms with Crippen LogP contribution in [-0.2, 0) is 16.0 Å². The van der Waals surface area contributed by atoms with Crippen LogP contribution in [0.3, 0.4) is 0 Å². The maximum atomic E-state index is 12.2. The summed E-state index contributed by atoms with van der Waals surface area (Å²) in [5.74, 6) is -0.922. The number of carboxylic acid groups (broad SMARTS) is 1. The molecule has 0 bridgehead atoms. The second-order valence-electron chi connectivity index (χ2n) is 6.63. The number of carbonyl (C=O) groups is 2. The second-order valence-corrected chi connectivity index (χ2v) is 9.22. The molecule has 0 aromatic carbocycles. The molecule has 1 aromatic heterocycles. The summed E-state index contributed by atoms with van der Waals surface area (Å²) < 4.78 is 6.84. The van der Waals surface area contributed by atoms with Crippen molar-refractivity contribution in [3.05, 3.63) is 19.8 Å². The number of ether oxygens (including phenoxy) is 1. The Labute approximate surface area is 152 Å². The van der Waals surface area contributed by atoms with E-state index in [0.29, 0.717) is 23.7 Å². The first-order valence-corrected chi connectivity index (χ1v) is 9.21. The minimum Gasteiger partial charge on any atom is -0.480 e. The summed E-state index contributed by atoms with van der Waals surface area (Å²) >= 11 is 10.9. The Bertz CT molecular complexity index is 594. The molecule has 1 N–H and O–H groups in total. The van der Waals surface area contributed by atoms with Crippen molar-refractivity contribution in [2.24, 2.45) is 5.92 Å². The molecule has 23 heavy (non-hydrogen) atoms. The van der Waals surface area contributed by atoms with Crippen molar-refractivity contribution in [2.75, 3.05) is 6.54 Å². The molecule has 8 heteroatoms. The largest absolute Gasteiger partial charge is 0.480 e. The summed E-state index contributed by atoms with van der Waals surface area (Å²) in [5, 5.41) is 9.39. The Morgan fingerprint density at radius 1 is 1.52 bits per heavy atom. The molecule has 1 aromatic rings. The average molecular weight is 425 g/mol. The van der Waals surface area contributed by atoms with Gasteiger partial charge in [0.2, 0.25) is 0 Å². The molecule has 0 spiro atoms. The lowest BCUT2D eigenvalue weighted by atomic mass is 10.0. The standard InChI is InChI=1S/C15H19BrClNO4S/c1-15(2,3)22-14(21)18-7-8(5-11(18)13(19)20)4-9-6-10(16)12(17)23-9/h6,8,11H,4-5,7H2,1-3H3,(H,19,20)/t8-,11?/m0/s1. The van der Waals surface area contributed by atoms with E-state index in [2.05, 4.69) is 15.9 Å². The minimum atomic E-state index is -0.997. The lowest BCUT2D eigenvalue weighted by Gasteiger charge is -2.26. The Hall–Kier alpha value is -0.790. The van der Waals surface area contributed by atoms with E-state index < -0.39 is 23.7 Å². The van der Waals surface area contributed by atoms with E-state index in [1.54, 1.807) is 20.8 Å². The summed E-state index contributed by atoms with van der Waals surface area (Å²) in [4.78, 5) is 26.1. The molecule has 0 aliphatic carbocycles. The van der Waals surface area contributed by atoms with E-state index in [-0.39, 0.29) is 5.92 Å². The van der Waals surface area contributed by atoms with Crippen LogP contribution >= 0.6 is 38.9 Å². The number of hydrogen-bond donors (Lipinski definition) is 1. The average Bonchev–Trinajstić information content (AvgIpc) is 2.92. The molecule has 2 heterocycles. The van der Waals surface area contributed by atoms with Crippen molar-refractivity contribution in [3.63, 3.8) is 0 Å². The van der Waals surface area contributed by atoms with Gasteiger partial charge in [-0.15, -0.1) is 11.3 Å². The number of nitrogens with zero attached hydrogens (tertiary/aromatic N) is 1. The van der Waals surface area contributed by atoms with Gasteiger partial charge in [0, 0.05) is 15.9 Å². The molecule has 1 saturated heterocycles. The van der Waals surface area contributed by atoms with E-state index in [4.69, 9.17) is 16.3 Å². The zero-order valence-corrected chi connectivity index (χ0v) is 16.3. The molecule has 5 nitrogen and oxygen atoms in total. The number of hydrogen-bond acceptors (Lipinski definition) is 4. The summed E-state index contributed by atoms with van der Waals surface area (Å²) in [6.45, 7) is 5.66. The first-order chi connectivity index (χ1) is 10.6. The lowest BCUT2D eigenvalue weighted by molar-refractivity contribution is -0.142. The lowest BCUT2D eigenvalue weighted by Crippen LogP contribution is -2.43. The van der Waals surface area contributed by atoms with Gasteiger partial charge in [-0.2, -0.15) is 0 Å². The highest BCUT2D eigenvalue weighted by Gasteiger charge is 2.41. The first-order valence-electron chi connectivity index (χ1n) is 7.23. The maximum Gasteiger partial charge on any atom is 0.411 e. The Morgan fingerprint density at radius 3 is 2.65 bits per heavy atom. The van der Waals surface area contributed by atoms with Crippen molar-refractivity contribution in [1.82, 2.24) is 4.90 Å². The van der Waals surface area contributed by atoms with Gasteiger partial charge in [0.1, 0.15) is 16.0 Å². The van der Waals surface area contributed by atoms with Gasteiger partial charge in [0.25, 0.3) is 0 Å². The number of rotatable bonds is 3. The highest BCUT2D eigenvalue weighted by molar-refractivity contribution is 9.10. The first kappa shape index (κ1) is 18.5. The molecule has 2 atom stereocenters. The topological polar surface area (TPSA) is 66.8 Å². The quantitative estimate of drug-likeness (QED) is 0.780. The van der Waals surface area contributed by atoms with Crippen LogP contribution in [0.5, 0.6) is 0 Å². The van der Waals surface area contributed by atoms with Crippen LogP contribution in [0, 0.1) is 5.92 Å². The van der Waals surface area contributed by atoms with E-state index in [1.165, 1.54) is 16.2 Å². The fourth-order valence-electron chi connectivity index (χ4n) is 2.60. The Morgan fingerprint density at radius 2 is 2.17 bits per heavy atom. The van der Waals surface area contributed by atoms with Gasteiger partial charge in [-0.1, -0.05) is 11.6 Å². The van der Waals surface area contributed by atoms with Crippen molar-refractivity contribution in [2.45, 2.75) is 45.3 Å². The van der Waals surface area contributed by atoms with Crippen LogP contribution in [0.4, 0.5) is 4.79 Å². The van der Waals surface area contributed by atoms with E-state index >= 15 is 0 Å². The van der Waals surface area contributed by atoms with Gasteiger partial charge in [0.05, 0.1) is 0 Å². The molecule has 0 saturated carbocycles. The number of halogens is 2. The number of likely N-dealkylation sites (tertiary alicyclic amines) is 1. The van der Waals surface area contributed by atoms with Crippen LogP contribution in [0.25, 0.3) is 0 Å². The van der Waals surface area contributed by atoms with Gasteiger partial charge in [0.15, 0.2) is 0 Å². The maximum absolute atomic E-state index is 12.2. The molecule has 1 aliphatic rings. The number of aliphatic carboxylic acids is 1. The molecular weight excluding hydrogens is 406 g/mol. The predicted octanol–water partition coefficient (Wildman–Crippen LogP) is 4.42. The van der Waals surface area contributed by atoms with E-state index in [9.17, 15) is 14.7 Å². The fourth-order valence-corrected chi connectivity index (χ4v) is 4.51. The van der Waals surface area contributed by atoms with Crippen molar-refractivity contribution >= 4 is 50.9 Å². The van der Waals surface area contributed by atoms with Crippen LogP contribution in [0.15, 0.2) is 10.5 Å². The molecule has 2 rings (SSSR count). The van der Waals surface area contributed by atoms with E-state index in [0.717, 1.165) is 9.35 Å². The van der Waals surface area contributed by atoms with Gasteiger partial charge < -0.3 is 9.84 Å². The minimum absolute atomic E-state index is 0.0743. The summed E-state index contributed by atoms with van der Waals surface area (Å²) in [6.07, 6.45) is 0.540. The molecule has 128 valence electrons. The van der Waals surface area contributed by atoms with Gasteiger partial charge in [-0.05, 0) is 61.5 Å². The van der Waals surface area contributed by atoms with E-state index in [1.807, 2.05) is 6.07 Å². The Kier molecular flexibility index (Phi) is 5.63. The van der Waals surface area contributed by atoms with Crippen LogP contribution in [0.2, 0.25) is 4.34 Å². The highest BCUT2D eigenvalue weighted by atomic mass is 79.9. The van der Waals surface area contributed by atoms with Crippen molar-refractivity contribution in [3.8, 4) is 0 Å².